The van der Waals surface area contributed by atoms with Crippen LogP contribution in [0.3, 0.4) is 0 Å². The van der Waals surface area contributed by atoms with Crippen molar-refractivity contribution in [2.24, 2.45) is 0 Å². The lowest BCUT2D eigenvalue weighted by atomic mass is 10.1. The molecule has 7 nitrogen and oxygen atoms in total. The highest BCUT2D eigenvalue weighted by atomic mass is 16.5. The van der Waals surface area contributed by atoms with E-state index in [0.29, 0.717) is 18.0 Å². The van der Waals surface area contributed by atoms with E-state index in [-0.39, 0.29) is 6.61 Å². The van der Waals surface area contributed by atoms with E-state index in [1.807, 2.05) is 35.3 Å². The second kappa shape index (κ2) is 11.0. The Morgan fingerprint density at radius 3 is 2.82 bits per heavy atom. The highest BCUT2D eigenvalue weighted by Gasteiger charge is 2.16. The second-order valence-corrected chi connectivity index (χ2v) is 7.29. The molecular formula is C21H32N4O3. The number of ether oxygens (including phenoxy) is 2. The number of β-amino-alcohol motifs (C(OH)–C–C–N with tert-alkyl or cyclic N) is 1. The van der Waals surface area contributed by atoms with Gasteiger partial charge in [0.2, 0.25) is 0 Å². The molecule has 0 amide bonds. The molecule has 0 bridgehead atoms. The van der Waals surface area contributed by atoms with Crippen molar-refractivity contribution in [2.75, 3.05) is 39.9 Å². The zero-order valence-corrected chi connectivity index (χ0v) is 16.7. The van der Waals surface area contributed by atoms with Gasteiger partial charge in [-0.3, -0.25) is 0 Å². The van der Waals surface area contributed by atoms with Crippen molar-refractivity contribution in [1.82, 2.24) is 19.8 Å². The van der Waals surface area contributed by atoms with Gasteiger partial charge < -0.3 is 29.4 Å². The third-order valence-corrected chi connectivity index (χ3v) is 5.01. The van der Waals surface area contributed by atoms with Crippen molar-refractivity contribution >= 4 is 0 Å². The number of likely N-dealkylation sites (tertiary alicyclic amines) is 1. The average molecular weight is 389 g/mol. The van der Waals surface area contributed by atoms with E-state index >= 15 is 0 Å². The Kier molecular flexibility index (Phi) is 8.14. The molecule has 0 aliphatic carbocycles. The summed E-state index contributed by atoms with van der Waals surface area (Å²) in [4.78, 5) is 6.36. The first-order valence-electron chi connectivity index (χ1n) is 10.1. The molecule has 0 radical (unpaired) electrons. The Morgan fingerprint density at radius 1 is 1.21 bits per heavy atom. The highest BCUT2D eigenvalue weighted by molar-refractivity contribution is 5.43. The van der Waals surface area contributed by atoms with Crippen LogP contribution in [-0.4, -0.2) is 65.6 Å². The van der Waals surface area contributed by atoms with Crippen LogP contribution in [0.15, 0.2) is 36.9 Å². The van der Waals surface area contributed by atoms with Crippen LogP contribution in [-0.2, 0) is 13.1 Å². The fraction of sp³-hybridized carbons (Fsp3) is 0.571. The van der Waals surface area contributed by atoms with Crippen LogP contribution in [0.2, 0.25) is 0 Å². The lowest BCUT2D eigenvalue weighted by Crippen LogP contribution is -2.38. The van der Waals surface area contributed by atoms with Crippen LogP contribution in [0.4, 0.5) is 0 Å². The van der Waals surface area contributed by atoms with Gasteiger partial charge in [0.15, 0.2) is 11.5 Å². The minimum atomic E-state index is -0.500. The van der Waals surface area contributed by atoms with Crippen molar-refractivity contribution in [3.8, 4) is 11.5 Å². The number of aliphatic hydroxyl groups excluding tert-OH is 1. The van der Waals surface area contributed by atoms with Gasteiger partial charge in [-0.1, -0.05) is 12.5 Å². The van der Waals surface area contributed by atoms with Crippen molar-refractivity contribution < 1.29 is 14.6 Å². The molecule has 1 aromatic heterocycles. The summed E-state index contributed by atoms with van der Waals surface area (Å²) in [6, 6.07) is 5.93. The zero-order chi connectivity index (χ0) is 19.6. The molecule has 2 aromatic rings. The lowest BCUT2D eigenvalue weighted by Gasteiger charge is -2.28. The highest BCUT2D eigenvalue weighted by Crippen LogP contribution is 2.28. The number of imidazole rings is 1. The summed E-state index contributed by atoms with van der Waals surface area (Å²) in [5.41, 5.74) is 1.12. The van der Waals surface area contributed by atoms with Crippen molar-refractivity contribution in [1.29, 1.82) is 0 Å². The molecule has 7 heteroatoms. The number of benzene rings is 1. The predicted molar refractivity (Wildman–Crippen MR) is 109 cm³/mol. The Bertz CT molecular complexity index is 687. The van der Waals surface area contributed by atoms with Crippen LogP contribution in [0.5, 0.6) is 11.5 Å². The van der Waals surface area contributed by atoms with Gasteiger partial charge >= 0.3 is 0 Å². The molecule has 1 atom stereocenters. The minimum Gasteiger partial charge on any atom is -0.493 e. The van der Waals surface area contributed by atoms with E-state index < -0.39 is 6.10 Å². The van der Waals surface area contributed by atoms with Gasteiger partial charge in [-0.05, 0) is 43.6 Å². The van der Waals surface area contributed by atoms with E-state index in [9.17, 15) is 5.11 Å². The summed E-state index contributed by atoms with van der Waals surface area (Å²) < 4.78 is 13.3. The molecule has 2 heterocycles. The molecule has 2 N–H and O–H groups in total. The van der Waals surface area contributed by atoms with Gasteiger partial charge in [0.1, 0.15) is 12.7 Å². The summed E-state index contributed by atoms with van der Waals surface area (Å²) in [7, 11) is 1.63. The van der Waals surface area contributed by atoms with Crippen molar-refractivity contribution in [2.45, 2.75) is 38.5 Å². The number of aliphatic hydroxyl groups is 1. The van der Waals surface area contributed by atoms with Crippen molar-refractivity contribution in [3.05, 3.63) is 42.5 Å². The maximum absolute atomic E-state index is 10.3. The molecular weight excluding hydrogens is 356 g/mol. The summed E-state index contributed by atoms with van der Waals surface area (Å²) in [5.74, 6) is 1.36. The van der Waals surface area contributed by atoms with E-state index in [0.717, 1.165) is 38.3 Å². The number of piperidine rings is 1. The predicted octanol–water partition coefficient (Wildman–Crippen LogP) is 1.91. The topological polar surface area (TPSA) is 71.8 Å². The lowest BCUT2D eigenvalue weighted by molar-refractivity contribution is 0.0608. The first-order valence-corrected chi connectivity index (χ1v) is 10.1. The number of hydrogen-bond donors (Lipinski definition) is 2. The number of aromatic nitrogens is 2. The molecule has 154 valence electrons. The van der Waals surface area contributed by atoms with Gasteiger partial charge in [-0.25, -0.2) is 4.98 Å². The zero-order valence-electron chi connectivity index (χ0n) is 16.7. The van der Waals surface area contributed by atoms with E-state index in [4.69, 9.17) is 9.47 Å². The Labute approximate surface area is 167 Å². The Hall–Kier alpha value is -2.09. The third-order valence-electron chi connectivity index (χ3n) is 5.01. The Morgan fingerprint density at radius 2 is 2.07 bits per heavy atom. The van der Waals surface area contributed by atoms with Crippen molar-refractivity contribution in [3.63, 3.8) is 0 Å². The Balaban J connectivity index is 1.46. The monoisotopic (exact) mass is 388 g/mol. The molecule has 3 rings (SSSR count). The normalized spacial score (nSPS) is 16.1. The van der Waals surface area contributed by atoms with E-state index in [1.165, 1.54) is 19.3 Å². The smallest absolute Gasteiger partial charge is 0.161 e. The van der Waals surface area contributed by atoms with Crippen LogP contribution in [0.1, 0.15) is 24.8 Å². The first kappa shape index (κ1) is 20.6. The summed E-state index contributed by atoms with van der Waals surface area (Å²) in [5, 5.41) is 13.8. The average Bonchev–Trinajstić information content (AvgIpc) is 3.24. The van der Waals surface area contributed by atoms with E-state index in [1.54, 1.807) is 13.3 Å². The van der Waals surface area contributed by atoms with E-state index in [2.05, 4.69) is 15.2 Å². The molecule has 1 fully saturated rings. The van der Waals surface area contributed by atoms with Gasteiger partial charge in [0.05, 0.1) is 13.4 Å². The molecule has 1 saturated heterocycles. The number of nitrogens with zero attached hydrogens (tertiary/aromatic N) is 3. The van der Waals surface area contributed by atoms with Gasteiger partial charge in [-0.15, -0.1) is 0 Å². The van der Waals surface area contributed by atoms with Crippen LogP contribution in [0.25, 0.3) is 0 Å². The molecule has 1 aromatic carbocycles. The number of nitrogens with one attached hydrogen (secondary N) is 1. The summed E-state index contributed by atoms with van der Waals surface area (Å²) in [6.07, 6.45) is 8.79. The fourth-order valence-corrected chi connectivity index (χ4v) is 3.48. The molecule has 1 aliphatic heterocycles. The number of rotatable bonds is 11. The number of methoxy groups -OCH3 is 1. The van der Waals surface area contributed by atoms with Gasteiger partial charge in [0.25, 0.3) is 0 Å². The third kappa shape index (κ3) is 6.51. The van der Waals surface area contributed by atoms with Gasteiger partial charge in [0, 0.05) is 38.6 Å². The molecule has 1 aliphatic rings. The number of hydrogen-bond acceptors (Lipinski definition) is 6. The quantitative estimate of drug-likeness (QED) is 0.573. The molecule has 1 unspecified atom stereocenters. The molecule has 28 heavy (non-hydrogen) atoms. The molecule has 0 spiro atoms. The summed E-state index contributed by atoms with van der Waals surface area (Å²) >= 11 is 0. The maximum Gasteiger partial charge on any atom is 0.161 e. The second-order valence-electron chi connectivity index (χ2n) is 7.29. The maximum atomic E-state index is 10.3. The summed E-state index contributed by atoms with van der Waals surface area (Å²) in [6.45, 7) is 5.55. The van der Waals surface area contributed by atoms with Crippen LogP contribution in [0, 0.1) is 0 Å². The molecule has 0 saturated carbocycles. The fourth-order valence-electron chi connectivity index (χ4n) is 3.48. The SMILES string of the molecule is COc1ccc(CNCCn2ccnc2)cc1OCC(O)CN1CCCCC1. The van der Waals surface area contributed by atoms with Crippen LogP contribution >= 0.6 is 0 Å². The minimum absolute atomic E-state index is 0.268. The van der Waals surface area contributed by atoms with Crippen LogP contribution < -0.4 is 14.8 Å². The first-order chi connectivity index (χ1) is 13.7. The standard InChI is InChI=1S/C21H32N4O3/c1-27-20-6-5-18(14-22-7-11-25-12-8-23-17-25)13-21(20)28-16-19(26)15-24-9-3-2-4-10-24/h5-6,8,12-13,17,19,22,26H,2-4,7,9-11,14-16H2,1H3. The largest absolute Gasteiger partial charge is 0.493 e. The van der Waals surface area contributed by atoms with Gasteiger partial charge in [-0.2, -0.15) is 0 Å².